The Hall–Kier alpha value is -2.21. The molecule has 0 saturated heterocycles. The summed E-state index contributed by atoms with van der Waals surface area (Å²) in [7, 11) is 0. The van der Waals surface area contributed by atoms with Gasteiger partial charge in [-0.15, -0.1) is 11.3 Å². The van der Waals surface area contributed by atoms with Gasteiger partial charge in [0.2, 0.25) is 0 Å². The molecule has 6 heteroatoms. The molecule has 0 aliphatic heterocycles. The largest absolute Gasteiger partial charge is 0.306 e. The number of rotatable bonds is 3. The number of hydrogen-bond donors (Lipinski definition) is 1. The maximum atomic E-state index is 13.8. The zero-order valence-corrected chi connectivity index (χ0v) is 13.3. The molecule has 0 bridgehead atoms. The smallest absolute Gasteiger partial charge is 0.266 e. The van der Waals surface area contributed by atoms with Crippen LogP contribution in [0.4, 0.5) is 10.2 Å². The first kappa shape index (κ1) is 14.4. The van der Waals surface area contributed by atoms with Gasteiger partial charge in [-0.05, 0) is 31.0 Å². The summed E-state index contributed by atoms with van der Waals surface area (Å²) in [4.78, 5) is 13.0. The summed E-state index contributed by atoms with van der Waals surface area (Å²) >= 11 is 1.30. The second-order valence-electron chi connectivity index (χ2n) is 5.82. The van der Waals surface area contributed by atoms with Gasteiger partial charge in [-0.1, -0.05) is 18.9 Å². The highest BCUT2D eigenvalue weighted by atomic mass is 32.1. The Balaban J connectivity index is 1.60. The maximum Gasteiger partial charge on any atom is 0.266 e. The molecule has 1 saturated carbocycles. The van der Waals surface area contributed by atoms with Crippen molar-refractivity contribution in [1.29, 1.82) is 0 Å². The standard InChI is InChI=1S/C17H16FN3OS/c18-13-6-3-7-14-12(13)10-15(23-14)17(22)20-16-8-9-19-21(16)11-4-1-2-5-11/h3,6-11H,1-2,4-5H2,(H,20,22). The van der Waals surface area contributed by atoms with Gasteiger partial charge in [-0.2, -0.15) is 5.10 Å². The second kappa shape index (κ2) is 5.77. The molecule has 1 aliphatic rings. The lowest BCUT2D eigenvalue weighted by atomic mass is 10.2. The average Bonchev–Trinajstić information content (AvgIpc) is 3.27. The van der Waals surface area contributed by atoms with Crippen LogP contribution in [0, 0.1) is 5.82 Å². The van der Waals surface area contributed by atoms with E-state index < -0.39 is 0 Å². The minimum absolute atomic E-state index is 0.217. The van der Waals surface area contributed by atoms with Crippen LogP contribution in [0.2, 0.25) is 0 Å². The summed E-state index contributed by atoms with van der Waals surface area (Å²) in [6.45, 7) is 0. The molecule has 0 atom stereocenters. The molecule has 2 aromatic heterocycles. The number of thiophene rings is 1. The third kappa shape index (κ3) is 2.63. The SMILES string of the molecule is O=C(Nc1ccnn1C1CCCC1)c1cc2c(F)cccc2s1. The third-order valence-electron chi connectivity index (χ3n) is 4.31. The van der Waals surface area contributed by atoms with Gasteiger partial charge in [0.15, 0.2) is 0 Å². The van der Waals surface area contributed by atoms with Gasteiger partial charge >= 0.3 is 0 Å². The molecule has 2 heterocycles. The molecular weight excluding hydrogens is 313 g/mol. The minimum Gasteiger partial charge on any atom is -0.306 e. The van der Waals surface area contributed by atoms with Crippen LogP contribution < -0.4 is 5.32 Å². The predicted octanol–water partition coefficient (Wildman–Crippen LogP) is 4.60. The first-order valence-corrected chi connectivity index (χ1v) is 8.57. The monoisotopic (exact) mass is 329 g/mol. The molecule has 3 aromatic rings. The quantitative estimate of drug-likeness (QED) is 0.763. The lowest BCUT2D eigenvalue weighted by molar-refractivity contribution is 0.102. The molecule has 23 heavy (non-hydrogen) atoms. The number of carbonyl (C=O) groups excluding carboxylic acids is 1. The Bertz CT molecular complexity index is 864. The van der Waals surface area contributed by atoms with Crippen molar-refractivity contribution in [2.24, 2.45) is 0 Å². The van der Waals surface area contributed by atoms with Crippen LogP contribution in [0.1, 0.15) is 41.4 Å². The van der Waals surface area contributed by atoms with Gasteiger partial charge in [0.05, 0.1) is 17.1 Å². The molecule has 0 unspecified atom stereocenters. The fourth-order valence-corrected chi connectivity index (χ4v) is 4.14. The Morgan fingerprint density at radius 1 is 1.30 bits per heavy atom. The van der Waals surface area contributed by atoms with Crippen LogP contribution in [0.15, 0.2) is 36.5 Å². The van der Waals surface area contributed by atoms with E-state index in [1.807, 2.05) is 16.8 Å². The third-order valence-corrected chi connectivity index (χ3v) is 5.41. The number of halogens is 1. The van der Waals surface area contributed by atoms with Crippen molar-refractivity contribution in [2.75, 3.05) is 5.32 Å². The van der Waals surface area contributed by atoms with E-state index in [2.05, 4.69) is 10.4 Å². The Morgan fingerprint density at radius 2 is 2.13 bits per heavy atom. The highest BCUT2D eigenvalue weighted by Crippen LogP contribution is 2.32. The molecule has 0 radical (unpaired) electrons. The Morgan fingerprint density at radius 3 is 2.91 bits per heavy atom. The van der Waals surface area contributed by atoms with Crippen molar-refractivity contribution >= 4 is 33.1 Å². The van der Waals surface area contributed by atoms with Crippen molar-refractivity contribution in [3.8, 4) is 0 Å². The second-order valence-corrected chi connectivity index (χ2v) is 6.90. The first-order chi connectivity index (χ1) is 11.2. The van der Waals surface area contributed by atoms with Gasteiger partial charge < -0.3 is 5.32 Å². The van der Waals surface area contributed by atoms with E-state index in [9.17, 15) is 9.18 Å². The van der Waals surface area contributed by atoms with Crippen LogP contribution in [0.5, 0.6) is 0 Å². The van der Waals surface area contributed by atoms with Crippen LogP contribution in [0.25, 0.3) is 10.1 Å². The molecular formula is C17H16FN3OS. The molecule has 118 valence electrons. The molecule has 4 rings (SSSR count). The van der Waals surface area contributed by atoms with E-state index in [-0.39, 0.29) is 11.7 Å². The molecule has 1 N–H and O–H groups in total. The zero-order chi connectivity index (χ0) is 15.8. The summed E-state index contributed by atoms with van der Waals surface area (Å²) < 4.78 is 16.4. The van der Waals surface area contributed by atoms with Crippen molar-refractivity contribution in [1.82, 2.24) is 9.78 Å². The molecule has 1 aliphatic carbocycles. The average molecular weight is 329 g/mol. The summed E-state index contributed by atoms with van der Waals surface area (Å²) in [5.74, 6) is 0.193. The number of nitrogens with one attached hydrogen (secondary N) is 1. The number of benzene rings is 1. The van der Waals surface area contributed by atoms with Gasteiger partial charge in [-0.25, -0.2) is 9.07 Å². The summed E-state index contributed by atoms with van der Waals surface area (Å²) in [5.41, 5.74) is 0. The number of aromatic nitrogens is 2. The molecule has 1 aromatic carbocycles. The zero-order valence-electron chi connectivity index (χ0n) is 12.5. The van der Waals surface area contributed by atoms with Crippen LogP contribution in [-0.4, -0.2) is 15.7 Å². The van der Waals surface area contributed by atoms with Crippen molar-refractivity contribution in [2.45, 2.75) is 31.7 Å². The van der Waals surface area contributed by atoms with Crippen LogP contribution in [0.3, 0.4) is 0 Å². The Kier molecular flexibility index (Phi) is 3.61. The van der Waals surface area contributed by atoms with E-state index in [0.29, 0.717) is 22.1 Å². The fraction of sp³-hybridized carbons (Fsp3) is 0.294. The van der Waals surface area contributed by atoms with Crippen molar-refractivity contribution in [3.05, 3.63) is 47.2 Å². The van der Waals surface area contributed by atoms with E-state index >= 15 is 0 Å². The van der Waals surface area contributed by atoms with Crippen LogP contribution in [-0.2, 0) is 0 Å². The molecule has 4 nitrogen and oxygen atoms in total. The van der Waals surface area contributed by atoms with Gasteiger partial charge in [-0.3, -0.25) is 4.79 Å². The van der Waals surface area contributed by atoms with Crippen LogP contribution >= 0.6 is 11.3 Å². The van der Waals surface area contributed by atoms with Crippen molar-refractivity contribution < 1.29 is 9.18 Å². The van der Waals surface area contributed by atoms with Gasteiger partial charge in [0.25, 0.3) is 5.91 Å². The number of hydrogen-bond acceptors (Lipinski definition) is 3. The lowest BCUT2D eigenvalue weighted by Crippen LogP contribution is -2.16. The lowest BCUT2D eigenvalue weighted by Gasteiger charge is -2.14. The van der Waals surface area contributed by atoms with Gasteiger partial charge in [0, 0.05) is 16.2 Å². The number of carbonyl (C=O) groups is 1. The summed E-state index contributed by atoms with van der Waals surface area (Å²) in [5, 5.41) is 7.75. The fourth-order valence-electron chi connectivity index (χ4n) is 3.17. The maximum absolute atomic E-state index is 13.8. The number of amides is 1. The number of fused-ring (bicyclic) bond motifs is 1. The highest BCUT2D eigenvalue weighted by molar-refractivity contribution is 7.20. The molecule has 0 spiro atoms. The normalized spacial score (nSPS) is 15.3. The topological polar surface area (TPSA) is 46.9 Å². The van der Waals surface area contributed by atoms with E-state index in [4.69, 9.17) is 0 Å². The number of nitrogens with zero attached hydrogens (tertiary/aromatic N) is 2. The van der Waals surface area contributed by atoms with E-state index in [1.54, 1.807) is 18.3 Å². The minimum atomic E-state index is -0.297. The van der Waals surface area contributed by atoms with E-state index in [1.165, 1.54) is 30.2 Å². The first-order valence-electron chi connectivity index (χ1n) is 7.75. The van der Waals surface area contributed by atoms with Crippen molar-refractivity contribution in [3.63, 3.8) is 0 Å². The summed E-state index contributed by atoms with van der Waals surface area (Å²) in [6, 6.07) is 8.67. The van der Waals surface area contributed by atoms with E-state index in [0.717, 1.165) is 17.5 Å². The highest BCUT2D eigenvalue weighted by Gasteiger charge is 2.21. The predicted molar refractivity (Wildman–Crippen MR) is 89.5 cm³/mol. The summed E-state index contributed by atoms with van der Waals surface area (Å²) in [6.07, 6.45) is 6.30. The molecule has 1 amide bonds. The Labute approximate surface area is 136 Å². The molecule has 1 fully saturated rings. The van der Waals surface area contributed by atoms with Gasteiger partial charge in [0.1, 0.15) is 11.6 Å². The number of anilines is 1.